The number of nitrogens with one attached hydrogen (secondary N) is 1. The first-order valence-corrected chi connectivity index (χ1v) is 12.1. The normalized spacial score (nSPS) is 10.9. The lowest BCUT2D eigenvalue weighted by Crippen LogP contribution is -2.19. The summed E-state index contributed by atoms with van der Waals surface area (Å²) in [6.45, 7) is 0.105. The number of nitrogens with zero attached hydrogens (tertiary/aromatic N) is 3. The van der Waals surface area contributed by atoms with Crippen LogP contribution in [-0.2, 0) is 17.9 Å². The number of ether oxygens (including phenoxy) is 2. The van der Waals surface area contributed by atoms with Crippen LogP contribution in [0.15, 0.2) is 78.0 Å². The molecule has 1 heterocycles. The van der Waals surface area contributed by atoms with Gasteiger partial charge in [0.2, 0.25) is 5.91 Å². The minimum atomic E-state index is -0.526. The van der Waals surface area contributed by atoms with E-state index in [1.807, 2.05) is 30.3 Å². The number of primary amides is 1. The second kappa shape index (κ2) is 12.3. The molecule has 0 spiro atoms. The Morgan fingerprint density at radius 3 is 2.58 bits per heavy atom. The van der Waals surface area contributed by atoms with E-state index in [1.165, 1.54) is 18.0 Å². The fraction of sp³-hybridized carbons (Fsp3) is 0.111. The summed E-state index contributed by atoms with van der Waals surface area (Å²) in [7, 11) is 1.48. The smallest absolute Gasteiger partial charge is 0.271 e. The summed E-state index contributed by atoms with van der Waals surface area (Å²) in [4.78, 5) is 24.1. The van der Waals surface area contributed by atoms with Gasteiger partial charge in [0.15, 0.2) is 11.5 Å². The van der Waals surface area contributed by atoms with Crippen molar-refractivity contribution in [3.05, 3.63) is 99.7 Å². The largest absolute Gasteiger partial charge is 0.493 e. The molecule has 0 atom stereocenters. The number of halogens is 2. The predicted octanol–water partition coefficient (Wildman–Crippen LogP) is 4.69. The molecule has 0 radical (unpaired) electrons. The number of nitrogens with two attached hydrogens (primary N) is 1. The Labute approximate surface area is 228 Å². The molecule has 11 heteroatoms. The molecule has 4 rings (SSSR count). The van der Waals surface area contributed by atoms with E-state index in [0.29, 0.717) is 38.4 Å². The van der Waals surface area contributed by atoms with Crippen LogP contribution in [0.3, 0.4) is 0 Å². The highest BCUT2D eigenvalue weighted by atomic mass is 35.5. The Morgan fingerprint density at radius 1 is 1.08 bits per heavy atom. The molecule has 0 unspecified atom stereocenters. The van der Waals surface area contributed by atoms with Gasteiger partial charge in [0, 0.05) is 38.5 Å². The Kier molecular flexibility index (Phi) is 8.62. The highest BCUT2D eigenvalue weighted by Crippen LogP contribution is 2.30. The van der Waals surface area contributed by atoms with E-state index in [0.717, 1.165) is 11.1 Å². The van der Waals surface area contributed by atoms with Gasteiger partial charge in [-0.05, 0) is 30.3 Å². The number of carbonyl (C=O) groups is 2. The topological polar surface area (TPSA) is 121 Å². The molecule has 0 bridgehead atoms. The fourth-order valence-electron chi connectivity index (χ4n) is 3.54. The number of hydrogen-bond donors (Lipinski definition) is 2. The highest BCUT2D eigenvalue weighted by molar-refractivity contribution is 6.35. The number of benzene rings is 3. The number of hydrazone groups is 1. The number of hydrogen-bond acceptors (Lipinski definition) is 6. The number of rotatable bonds is 10. The maximum Gasteiger partial charge on any atom is 0.271 e. The number of amides is 2. The minimum Gasteiger partial charge on any atom is -0.493 e. The van der Waals surface area contributed by atoms with Gasteiger partial charge in [-0.3, -0.25) is 14.3 Å². The van der Waals surface area contributed by atoms with Crippen molar-refractivity contribution in [2.45, 2.75) is 13.2 Å². The summed E-state index contributed by atoms with van der Waals surface area (Å²) in [5, 5.41) is 9.52. The number of aromatic nitrogens is 2. The molecule has 194 valence electrons. The van der Waals surface area contributed by atoms with Crippen molar-refractivity contribution in [3.8, 4) is 22.8 Å². The van der Waals surface area contributed by atoms with Crippen LogP contribution in [0.25, 0.3) is 11.3 Å². The average Bonchev–Trinajstić information content (AvgIpc) is 3.30. The van der Waals surface area contributed by atoms with Crippen LogP contribution in [0.1, 0.15) is 21.5 Å². The minimum absolute atomic E-state index is 0.0849. The molecule has 0 fully saturated rings. The van der Waals surface area contributed by atoms with Crippen molar-refractivity contribution >= 4 is 41.2 Å². The van der Waals surface area contributed by atoms with E-state index in [4.69, 9.17) is 38.4 Å². The third-order valence-corrected chi connectivity index (χ3v) is 5.94. The van der Waals surface area contributed by atoms with Gasteiger partial charge in [0.25, 0.3) is 5.91 Å². The van der Waals surface area contributed by atoms with Gasteiger partial charge in [-0.1, -0.05) is 59.6 Å². The zero-order chi connectivity index (χ0) is 27.1. The van der Waals surface area contributed by atoms with Gasteiger partial charge in [-0.15, -0.1) is 0 Å². The second-order valence-electron chi connectivity index (χ2n) is 8.05. The third-order valence-electron chi connectivity index (χ3n) is 5.35. The molecule has 3 aromatic carbocycles. The van der Waals surface area contributed by atoms with E-state index in [2.05, 4.69) is 15.6 Å². The predicted molar refractivity (Wildman–Crippen MR) is 146 cm³/mol. The first kappa shape index (κ1) is 26.7. The molecule has 9 nitrogen and oxygen atoms in total. The molecule has 0 aliphatic heterocycles. The summed E-state index contributed by atoms with van der Waals surface area (Å²) < 4.78 is 12.7. The van der Waals surface area contributed by atoms with E-state index in [1.54, 1.807) is 42.6 Å². The molecule has 38 heavy (non-hydrogen) atoms. The fourth-order valence-corrected chi connectivity index (χ4v) is 4.00. The molecule has 4 aromatic rings. The SMILES string of the molecule is COc1cc(C(=O)N/N=C\c2cn(CC(N)=O)nc2-c2ccccc2)ccc1OCc1ccc(Cl)cc1Cl. The summed E-state index contributed by atoms with van der Waals surface area (Å²) in [5.74, 6) is -0.182. The van der Waals surface area contributed by atoms with Gasteiger partial charge < -0.3 is 15.2 Å². The maximum atomic E-state index is 12.7. The van der Waals surface area contributed by atoms with E-state index in [-0.39, 0.29) is 13.2 Å². The second-order valence-corrected chi connectivity index (χ2v) is 8.90. The molecule has 1 aromatic heterocycles. The van der Waals surface area contributed by atoms with Crippen molar-refractivity contribution in [1.82, 2.24) is 15.2 Å². The van der Waals surface area contributed by atoms with Crippen LogP contribution in [-0.4, -0.2) is 34.9 Å². The van der Waals surface area contributed by atoms with Crippen LogP contribution in [0, 0.1) is 0 Å². The number of methoxy groups -OCH3 is 1. The lowest BCUT2D eigenvalue weighted by atomic mass is 10.1. The van der Waals surface area contributed by atoms with E-state index >= 15 is 0 Å². The maximum absolute atomic E-state index is 12.7. The van der Waals surface area contributed by atoms with Crippen molar-refractivity contribution in [3.63, 3.8) is 0 Å². The first-order valence-electron chi connectivity index (χ1n) is 11.3. The van der Waals surface area contributed by atoms with Gasteiger partial charge in [-0.2, -0.15) is 10.2 Å². The lowest BCUT2D eigenvalue weighted by molar-refractivity contribution is -0.118. The van der Waals surface area contributed by atoms with Gasteiger partial charge in [0.05, 0.1) is 13.3 Å². The summed E-state index contributed by atoms with van der Waals surface area (Å²) in [5.41, 5.74) is 10.9. The number of carbonyl (C=O) groups excluding carboxylic acids is 2. The lowest BCUT2D eigenvalue weighted by Gasteiger charge is -2.12. The van der Waals surface area contributed by atoms with Crippen LogP contribution < -0.4 is 20.6 Å². The van der Waals surface area contributed by atoms with Crippen molar-refractivity contribution in [1.29, 1.82) is 0 Å². The van der Waals surface area contributed by atoms with E-state index in [9.17, 15) is 9.59 Å². The molecule has 0 aliphatic rings. The molecule has 0 saturated carbocycles. The van der Waals surface area contributed by atoms with E-state index < -0.39 is 11.8 Å². The van der Waals surface area contributed by atoms with Gasteiger partial charge in [0.1, 0.15) is 18.8 Å². The summed E-state index contributed by atoms with van der Waals surface area (Å²) in [6.07, 6.45) is 3.08. The first-order chi connectivity index (χ1) is 18.3. The highest BCUT2D eigenvalue weighted by Gasteiger charge is 2.14. The molecule has 3 N–H and O–H groups in total. The molecule has 2 amide bonds. The van der Waals surface area contributed by atoms with Crippen molar-refractivity contribution in [2.24, 2.45) is 10.8 Å². The van der Waals surface area contributed by atoms with Crippen molar-refractivity contribution in [2.75, 3.05) is 7.11 Å². The Morgan fingerprint density at radius 2 is 1.87 bits per heavy atom. The van der Waals surface area contributed by atoms with Crippen LogP contribution >= 0.6 is 23.2 Å². The third kappa shape index (κ3) is 6.70. The zero-order valence-corrected chi connectivity index (χ0v) is 21.7. The van der Waals surface area contributed by atoms with Crippen LogP contribution in [0.5, 0.6) is 11.5 Å². The molecule has 0 aliphatic carbocycles. The average molecular weight is 552 g/mol. The Hall–Kier alpha value is -4.34. The summed E-state index contributed by atoms with van der Waals surface area (Å²) >= 11 is 12.1. The van der Waals surface area contributed by atoms with Crippen molar-refractivity contribution < 1.29 is 19.1 Å². The van der Waals surface area contributed by atoms with Gasteiger partial charge in [-0.25, -0.2) is 5.43 Å². The molecular weight excluding hydrogens is 529 g/mol. The standard InChI is InChI=1S/C27H23Cl2N5O4/c1-37-24-11-18(8-10-23(24)38-16-19-7-9-21(28)12-22(19)29)27(36)32-31-13-20-14-34(15-25(30)35)33-26(20)17-5-3-2-4-6-17/h2-14H,15-16H2,1H3,(H2,30,35)(H,32,36)/b31-13-. The quantitative estimate of drug-likeness (QED) is 0.218. The summed E-state index contributed by atoms with van der Waals surface area (Å²) in [6, 6.07) is 19.3. The molecule has 0 saturated heterocycles. The Balaban J connectivity index is 1.46. The zero-order valence-electron chi connectivity index (χ0n) is 20.2. The van der Waals surface area contributed by atoms with Gasteiger partial charge >= 0.3 is 0 Å². The Bertz CT molecular complexity index is 1490. The van der Waals surface area contributed by atoms with Crippen LogP contribution in [0.4, 0.5) is 0 Å². The monoisotopic (exact) mass is 551 g/mol. The van der Waals surface area contributed by atoms with Crippen LogP contribution in [0.2, 0.25) is 10.0 Å². The molecular formula is C27H23Cl2N5O4.